The number of aryl methyl sites for hydroxylation is 1. The highest BCUT2D eigenvalue weighted by Crippen LogP contribution is 2.26. The van der Waals surface area contributed by atoms with Crippen LogP contribution < -0.4 is 5.69 Å². The van der Waals surface area contributed by atoms with Crippen LogP contribution in [0.15, 0.2) is 11.0 Å². The fraction of sp³-hybridized carbons (Fsp3) is 0.706. The molecule has 1 atom stereocenters. The van der Waals surface area contributed by atoms with Crippen LogP contribution >= 0.6 is 0 Å². The van der Waals surface area contributed by atoms with Crippen molar-refractivity contribution in [3.05, 3.63) is 33.8 Å². The molecule has 0 aliphatic carbocycles. The number of piperidine rings is 1. The lowest BCUT2D eigenvalue weighted by Crippen LogP contribution is -2.35. The van der Waals surface area contributed by atoms with Crippen LogP contribution in [-0.2, 0) is 19.6 Å². The third-order valence-corrected chi connectivity index (χ3v) is 5.01. The van der Waals surface area contributed by atoms with Crippen molar-refractivity contribution in [2.45, 2.75) is 65.6 Å². The molecule has 1 saturated heterocycles. The standard InChI is InChI=1S/C17H28N6O/c1-4-8-23-13(3)15(10-18-23)12-21-9-6-7-14(11-21)16-19-20-17(24)22(16)5-2/h10,14H,4-9,11-12H2,1-3H3,(H,20,24)/t14-/m1/s1. The number of rotatable bonds is 6. The van der Waals surface area contributed by atoms with Gasteiger partial charge in [0.2, 0.25) is 0 Å². The maximum Gasteiger partial charge on any atom is 0.343 e. The lowest BCUT2D eigenvalue weighted by atomic mass is 9.96. The number of aromatic nitrogens is 5. The van der Waals surface area contributed by atoms with E-state index in [2.05, 4.69) is 38.7 Å². The Morgan fingerprint density at radius 2 is 2.21 bits per heavy atom. The summed E-state index contributed by atoms with van der Waals surface area (Å²) in [6.07, 6.45) is 5.33. The minimum Gasteiger partial charge on any atom is -0.298 e. The molecule has 0 unspecified atom stereocenters. The van der Waals surface area contributed by atoms with Crippen molar-refractivity contribution in [3.63, 3.8) is 0 Å². The lowest BCUT2D eigenvalue weighted by Gasteiger charge is -2.32. The van der Waals surface area contributed by atoms with Crippen LogP contribution in [0.25, 0.3) is 0 Å². The molecule has 1 aliphatic rings. The Balaban J connectivity index is 1.71. The van der Waals surface area contributed by atoms with E-state index in [-0.39, 0.29) is 5.69 Å². The Morgan fingerprint density at radius 1 is 1.38 bits per heavy atom. The maximum absolute atomic E-state index is 11.8. The zero-order valence-electron chi connectivity index (χ0n) is 15.0. The molecule has 7 heteroatoms. The normalized spacial score (nSPS) is 19.0. The van der Waals surface area contributed by atoms with E-state index in [4.69, 9.17) is 0 Å². The van der Waals surface area contributed by atoms with Crippen LogP contribution in [0.5, 0.6) is 0 Å². The predicted molar refractivity (Wildman–Crippen MR) is 93.0 cm³/mol. The molecule has 0 aromatic carbocycles. The molecule has 0 amide bonds. The molecule has 1 fully saturated rings. The van der Waals surface area contributed by atoms with E-state index < -0.39 is 0 Å². The molecule has 3 heterocycles. The second-order valence-corrected chi connectivity index (χ2v) is 6.68. The molecule has 1 N–H and O–H groups in total. The van der Waals surface area contributed by atoms with Gasteiger partial charge in [-0.25, -0.2) is 9.89 Å². The summed E-state index contributed by atoms with van der Waals surface area (Å²) in [5.41, 5.74) is 2.48. The van der Waals surface area contributed by atoms with Crippen LogP contribution in [0, 0.1) is 6.92 Å². The first-order valence-electron chi connectivity index (χ1n) is 9.02. The largest absolute Gasteiger partial charge is 0.343 e. The van der Waals surface area contributed by atoms with Crippen LogP contribution in [0.3, 0.4) is 0 Å². The van der Waals surface area contributed by atoms with E-state index in [1.807, 2.05) is 13.1 Å². The molecule has 1 aliphatic heterocycles. The topological polar surface area (TPSA) is 71.7 Å². The molecule has 132 valence electrons. The Morgan fingerprint density at radius 3 is 2.96 bits per heavy atom. The average Bonchev–Trinajstić information content (AvgIpc) is 3.12. The number of hydrogen-bond acceptors (Lipinski definition) is 4. The first kappa shape index (κ1) is 17.0. The molecule has 3 rings (SSSR count). The van der Waals surface area contributed by atoms with Crippen molar-refractivity contribution in [3.8, 4) is 0 Å². The van der Waals surface area contributed by atoms with Crippen molar-refractivity contribution >= 4 is 0 Å². The summed E-state index contributed by atoms with van der Waals surface area (Å²) in [6, 6.07) is 0. The number of H-pyrrole nitrogens is 1. The molecule has 2 aromatic rings. The van der Waals surface area contributed by atoms with Crippen molar-refractivity contribution < 1.29 is 0 Å². The summed E-state index contributed by atoms with van der Waals surface area (Å²) in [5.74, 6) is 1.23. The monoisotopic (exact) mass is 332 g/mol. The van der Waals surface area contributed by atoms with Crippen LogP contribution in [0.1, 0.15) is 56.1 Å². The minimum atomic E-state index is -0.0960. The van der Waals surface area contributed by atoms with E-state index in [9.17, 15) is 4.79 Å². The van der Waals surface area contributed by atoms with E-state index in [0.29, 0.717) is 12.5 Å². The number of likely N-dealkylation sites (tertiary alicyclic amines) is 1. The molecule has 0 radical (unpaired) electrons. The van der Waals surface area contributed by atoms with Crippen LogP contribution in [0.4, 0.5) is 0 Å². The fourth-order valence-electron chi connectivity index (χ4n) is 3.68. The Kier molecular flexibility index (Phi) is 5.18. The third-order valence-electron chi connectivity index (χ3n) is 5.01. The third kappa shape index (κ3) is 3.31. The van der Waals surface area contributed by atoms with Gasteiger partial charge in [-0.3, -0.25) is 14.1 Å². The second kappa shape index (κ2) is 7.34. The van der Waals surface area contributed by atoms with E-state index in [1.54, 1.807) is 4.57 Å². The van der Waals surface area contributed by atoms with Gasteiger partial charge < -0.3 is 0 Å². The average molecular weight is 332 g/mol. The van der Waals surface area contributed by atoms with Crippen molar-refractivity contribution in [1.82, 2.24) is 29.4 Å². The van der Waals surface area contributed by atoms with Gasteiger partial charge in [0.25, 0.3) is 0 Å². The van der Waals surface area contributed by atoms with Gasteiger partial charge in [-0.1, -0.05) is 6.92 Å². The smallest absolute Gasteiger partial charge is 0.298 e. The van der Waals surface area contributed by atoms with Crippen LogP contribution in [0.2, 0.25) is 0 Å². The highest BCUT2D eigenvalue weighted by atomic mass is 16.1. The Bertz CT molecular complexity index is 728. The summed E-state index contributed by atoms with van der Waals surface area (Å²) in [5, 5.41) is 11.4. The van der Waals surface area contributed by atoms with Crippen molar-refractivity contribution in [2.24, 2.45) is 0 Å². The number of aromatic amines is 1. The molecular formula is C17H28N6O. The van der Waals surface area contributed by atoms with Gasteiger partial charge in [0.1, 0.15) is 5.82 Å². The second-order valence-electron chi connectivity index (χ2n) is 6.68. The lowest BCUT2D eigenvalue weighted by molar-refractivity contribution is 0.194. The highest BCUT2D eigenvalue weighted by molar-refractivity contribution is 5.16. The molecule has 0 spiro atoms. The zero-order valence-corrected chi connectivity index (χ0v) is 15.0. The molecule has 24 heavy (non-hydrogen) atoms. The van der Waals surface area contributed by atoms with Gasteiger partial charge in [0.05, 0.1) is 6.20 Å². The highest BCUT2D eigenvalue weighted by Gasteiger charge is 2.26. The summed E-state index contributed by atoms with van der Waals surface area (Å²) < 4.78 is 3.86. The molecule has 0 bridgehead atoms. The summed E-state index contributed by atoms with van der Waals surface area (Å²) in [7, 11) is 0. The number of nitrogens with one attached hydrogen (secondary N) is 1. The SMILES string of the molecule is CCCn1ncc(CN2CCC[C@@H](c3n[nH]c(=O)n3CC)C2)c1C. The van der Waals surface area contributed by atoms with Crippen molar-refractivity contribution in [1.29, 1.82) is 0 Å². The van der Waals surface area contributed by atoms with Gasteiger partial charge in [-0.2, -0.15) is 10.2 Å². The maximum atomic E-state index is 11.8. The van der Waals surface area contributed by atoms with Gasteiger partial charge in [0, 0.05) is 43.4 Å². The predicted octanol–water partition coefficient (Wildman–Crippen LogP) is 1.89. The molecule has 0 saturated carbocycles. The van der Waals surface area contributed by atoms with Gasteiger partial charge >= 0.3 is 5.69 Å². The minimum absolute atomic E-state index is 0.0960. The van der Waals surface area contributed by atoms with Gasteiger partial charge in [0.15, 0.2) is 0 Å². The summed E-state index contributed by atoms with van der Waals surface area (Å²) in [4.78, 5) is 14.3. The van der Waals surface area contributed by atoms with Gasteiger partial charge in [-0.15, -0.1) is 0 Å². The number of hydrogen-bond donors (Lipinski definition) is 1. The molecule has 2 aromatic heterocycles. The number of nitrogens with zero attached hydrogens (tertiary/aromatic N) is 5. The van der Waals surface area contributed by atoms with E-state index >= 15 is 0 Å². The first-order chi connectivity index (χ1) is 11.6. The van der Waals surface area contributed by atoms with Crippen molar-refractivity contribution in [2.75, 3.05) is 13.1 Å². The fourth-order valence-corrected chi connectivity index (χ4v) is 3.68. The quantitative estimate of drug-likeness (QED) is 0.877. The summed E-state index contributed by atoms with van der Waals surface area (Å²) in [6.45, 7) is 10.9. The summed E-state index contributed by atoms with van der Waals surface area (Å²) >= 11 is 0. The van der Waals surface area contributed by atoms with Gasteiger partial charge in [-0.05, 0) is 39.7 Å². The first-order valence-corrected chi connectivity index (χ1v) is 9.02. The zero-order chi connectivity index (χ0) is 17.1. The Hall–Kier alpha value is -1.89. The van der Waals surface area contributed by atoms with E-state index in [1.165, 1.54) is 11.3 Å². The Labute approximate surface area is 142 Å². The molecular weight excluding hydrogens is 304 g/mol. The van der Waals surface area contributed by atoms with E-state index in [0.717, 1.165) is 51.3 Å². The van der Waals surface area contributed by atoms with Crippen LogP contribution in [-0.4, -0.2) is 42.5 Å². The molecule has 7 nitrogen and oxygen atoms in total.